The first-order chi connectivity index (χ1) is 24.7. The smallest absolute Gasteiger partial charge is 0.417 e. The lowest BCUT2D eigenvalue weighted by molar-refractivity contribution is -0.162. The summed E-state index contributed by atoms with van der Waals surface area (Å²) >= 11 is 0. The molecule has 2 aromatic carbocycles. The number of hydrogen-bond donors (Lipinski definition) is 1. The third-order valence-corrected chi connectivity index (χ3v) is 10.8. The van der Waals surface area contributed by atoms with Crippen molar-refractivity contribution < 1.29 is 45.5 Å². The molecule has 0 spiro atoms. The van der Waals surface area contributed by atoms with Crippen molar-refractivity contribution in [2.75, 3.05) is 71.3 Å². The highest BCUT2D eigenvalue weighted by Crippen LogP contribution is 2.41. The molecule has 6 rings (SSSR count). The number of rotatable bonds is 6. The van der Waals surface area contributed by atoms with Gasteiger partial charge in [-0.15, -0.1) is 0 Å². The van der Waals surface area contributed by atoms with E-state index in [2.05, 4.69) is 22.2 Å². The zero-order valence-corrected chi connectivity index (χ0v) is 29.0. The Balaban J connectivity index is 1.14. The fourth-order valence-corrected chi connectivity index (χ4v) is 7.73. The molecule has 0 saturated carbocycles. The third kappa shape index (κ3) is 8.76. The fourth-order valence-electron chi connectivity index (χ4n) is 7.73. The van der Waals surface area contributed by atoms with Gasteiger partial charge in [-0.3, -0.25) is 9.69 Å². The number of carbonyl (C=O) groups excluding carboxylic acids is 3. The molecule has 0 bridgehead atoms. The summed E-state index contributed by atoms with van der Waals surface area (Å²) in [5.41, 5.74) is -2.14. The van der Waals surface area contributed by atoms with Gasteiger partial charge in [-0.25, -0.2) is 9.59 Å². The van der Waals surface area contributed by atoms with Crippen LogP contribution in [0.4, 0.5) is 41.6 Å². The number of carbonyl (C=O) groups is 3. The second-order valence-corrected chi connectivity index (χ2v) is 14.1. The summed E-state index contributed by atoms with van der Waals surface area (Å²) in [5, 5.41) is 2.95. The molecule has 284 valence electrons. The van der Waals surface area contributed by atoms with Gasteiger partial charge in [0.25, 0.3) is 5.91 Å². The van der Waals surface area contributed by atoms with Crippen molar-refractivity contribution in [1.82, 2.24) is 24.5 Å². The molecule has 1 N–H and O–H groups in total. The maximum Gasteiger partial charge on any atom is 0.417 e. The molecule has 2 aromatic rings. The predicted molar refractivity (Wildman–Crippen MR) is 180 cm³/mol. The highest BCUT2D eigenvalue weighted by molar-refractivity contribution is 5.91. The standard InChI is InChI=1S/C36H44F6N6O4/c1-44-18-20-45(21-19-44)26-9-13-46(14-10-26)32(49)31(23-24-6-7-28(35(37,38)39)29(22-24)36(40,41)42)52-34(51)47-15-11-27(12-16-47)48-17-8-25-4-2-3-5-30(25)43-33(48)50/h2-7,22,26-27,31H,8-21,23H2,1H3,(H,43,50). The van der Waals surface area contributed by atoms with Crippen molar-refractivity contribution in [2.24, 2.45) is 0 Å². The molecule has 4 amide bonds. The summed E-state index contributed by atoms with van der Waals surface area (Å²) in [7, 11) is 2.06. The number of hydrogen-bond acceptors (Lipinski definition) is 6. The van der Waals surface area contributed by atoms with Crippen molar-refractivity contribution in [3.8, 4) is 0 Å². The van der Waals surface area contributed by atoms with Crippen LogP contribution in [0.1, 0.15) is 47.9 Å². The van der Waals surface area contributed by atoms with Gasteiger partial charge in [-0.05, 0) is 68.5 Å². The number of piperazine rings is 1. The van der Waals surface area contributed by atoms with Crippen LogP contribution in [0.5, 0.6) is 0 Å². The number of amides is 4. The summed E-state index contributed by atoms with van der Waals surface area (Å²) in [5.74, 6) is -0.602. The van der Waals surface area contributed by atoms with E-state index in [1.54, 1.807) is 4.90 Å². The number of likely N-dealkylation sites (N-methyl/N-ethyl adjacent to an activating group) is 1. The average Bonchev–Trinajstić information content (AvgIpc) is 3.28. The minimum absolute atomic E-state index is 0.162. The van der Waals surface area contributed by atoms with Crippen LogP contribution in [0, 0.1) is 0 Å². The van der Waals surface area contributed by atoms with Crippen molar-refractivity contribution in [2.45, 2.75) is 69.1 Å². The highest BCUT2D eigenvalue weighted by atomic mass is 19.4. The van der Waals surface area contributed by atoms with Gasteiger partial charge in [-0.2, -0.15) is 26.3 Å². The monoisotopic (exact) mass is 738 g/mol. The number of alkyl halides is 6. The first kappa shape index (κ1) is 37.7. The van der Waals surface area contributed by atoms with E-state index in [1.807, 2.05) is 24.3 Å². The summed E-state index contributed by atoms with van der Waals surface area (Å²) in [6, 6.07) is 9.04. The van der Waals surface area contributed by atoms with Gasteiger partial charge in [0.15, 0.2) is 6.10 Å². The van der Waals surface area contributed by atoms with E-state index in [0.717, 1.165) is 43.5 Å². The number of para-hydroxylation sites is 1. The second-order valence-electron chi connectivity index (χ2n) is 14.1. The van der Waals surface area contributed by atoms with Crippen LogP contribution >= 0.6 is 0 Å². The minimum atomic E-state index is -5.31. The Bertz CT molecular complexity index is 1600. The number of nitrogens with one attached hydrogen (secondary N) is 1. The van der Waals surface area contributed by atoms with Crippen LogP contribution in [-0.4, -0.2) is 127 Å². The van der Waals surface area contributed by atoms with E-state index in [0.29, 0.717) is 63.9 Å². The van der Waals surface area contributed by atoms with Gasteiger partial charge >= 0.3 is 24.5 Å². The summed E-state index contributed by atoms with van der Waals surface area (Å²) in [6.07, 6.45) is -10.6. The molecule has 0 radical (unpaired) electrons. The van der Waals surface area contributed by atoms with E-state index in [4.69, 9.17) is 4.74 Å². The number of halogens is 6. The molecular formula is C36H44F6N6O4. The predicted octanol–water partition coefficient (Wildman–Crippen LogP) is 5.56. The van der Waals surface area contributed by atoms with Crippen LogP contribution in [-0.2, 0) is 34.7 Å². The zero-order valence-electron chi connectivity index (χ0n) is 29.0. The van der Waals surface area contributed by atoms with E-state index in [9.17, 15) is 40.7 Å². The van der Waals surface area contributed by atoms with Gasteiger partial charge in [0.05, 0.1) is 11.1 Å². The van der Waals surface area contributed by atoms with Crippen LogP contribution in [0.25, 0.3) is 0 Å². The quantitative estimate of drug-likeness (QED) is 0.391. The topological polar surface area (TPSA) is 88.7 Å². The highest BCUT2D eigenvalue weighted by Gasteiger charge is 2.44. The number of benzene rings is 2. The summed E-state index contributed by atoms with van der Waals surface area (Å²) < 4.78 is 87.6. The molecule has 4 aliphatic rings. The van der Waals surface area contributed by atoms with Gasteiger partial charge in [-0.1, -0.05) is 24.3 Å². The number of anilines is 1. The van der Waals surface area contributed by atoms with E-state index < -0.39 is 48.0 Å². The van der Waals surface area contributed by atoms with Crippen molar-refractivity contribution in [3.05, 3.63) is 64.7 Å². The Labute approximate surface area is 298 Å². The van der Waals surface area contributed by atoms with E-state index in [-0.39, 0.29) is 36.8 Å². The molecule has 0 aliphatic carbocycles. The minimum Gasteiger partial charge on any atom is -0.436 e. The number of ether oxygens (including phenoxy) is 1. The molecular weight excluding hydrogens is 694 g/mol. The molecule has 1 atom stereocenters. The SMILES string of the molecule is CN1CCN(C2CCN(C(=O)C(Cc3ccc(C(F)(F)F)c(C(F)(F)F)c3)OC(=O)N3CCC(N4CCc5ccccc5NC4=O)CC3)CC2)CC1. The van der Waals surface area contributed by atoms with E-state index >= 15 is 0 Å². The Hall–Kier alpha value is -4.05. The van der Waals surface area contributed by atoms with Gasteiger partial charge < -0.3 is 29.7 Å². The molecule has 16 heteroatoms. The number of likely N-dealkylation sites (tertiary alicyclic amines) is 2. The van der Waals surface area contributed by atoms with Crippen LogP contribution < -0.4 is 5.32 Å². The van der Waals surface area contributed by atoms with Gasteiger partial charge in [0.2, 0.25) is 0 Å². The zero-order chi connectivity index (χ0) is 37.2. The molecule has 10 nitrogen and oxygen atoms in total. The lowest BCUT2D eigenvalue weighted by Gasteiger charge is -2.42. The largest absolute Gasteiger partial charge is 0.436 e. The van der Waals surface area contributed by atoms with E-state index in [1.165, 1.54) is 9.80 Å². The third-order valence-electron chi connectivity index (χ3n) is 10.8. The van der Waals surface area contributed by atoms with Crippen molar-refractivity contribution in [3.63, 3.8) is 0 Å². The maximum absolute atomic E-state index is 13.9. The molecule has 3 fully saturated rings. The first-order valence-corrected chi connectivity index (χ1v) is 17.8. The lowest BCUT2D eigenvalue weighted by atomic mass is 9.98. The summed E-state index contributed by atoms with van der Waals surface area (Å²) in [4.78, 5) is 49.8. The second kappa shape index (κ2) is 15.5. The molecule has 0 aromatic heterocycles. The molecule has 4 heterocycles. The number of urea groups is 1. The van der Waals surface area contributed by atoms with Crippen molar-refractivity contribution >= 4 is 23.7 Å². The van der Waals surface area contributed by atoms with Crippen LogP contribution in [0.3, 0.4) is 0 Å². The molecule has 52 heavy (non-hydrogen) atoms. The van der Waals surface area contributed by atoms with Crippen molar-refractivity contribution in [1.29, 1.82) is 0 Å². The Morgan fingerprint density at radius 2 is 1.40 bits per heavy atom. The summed E-state index contributed by atoms with van der Waals surface area (Å²) in [6.45, 7) is 5.26. The van der Waals surface area contributed by atoms with Crippen LogP contribution in [0.15, 0.2) is 42.5 Å². The lowest BCUT2D eigenvalue weighted by Crippen LogP contribution is -2.54. The average molecular weight is 739 g/mol. The molecule has 1 unspecified atom stereocenters. The number of nitrogens with zero attached hydrogens (tertiary/aromatic N) is 5. The van der Waals surface area contributed by atoms with Gasteiger partial charge in [0.1, 0.15) is 0 Å². The Morgan fingerprint density at radius 3 is 2.06 bits per heavy atom. The molecule has 3 saturated heterocycles. The Morgan fingerprint density at radius 1 is 0.788 bits per heavy atom. The number of fused-ring (bicyclic) bond motifs is 1. The normalized spacial score (nSPS) is 21.0. The maximum atomic E-state index is 13.9. The number of piperidine rings is 2. The molecule has 4 aliphatic heterocycles. The fraction of sp³-hybridized carbons (Fsp3) is 0.583. The Kier molecular flexibility index (Phi) is 11.2. The first-order valence-electron chi connectivity index (χ1n) is 17.8. The van der Waals surface area contributed by atoms with Crippen LogP contribution in [0.2, 0.25) is 0 Å². The van der Waals surface area contributed by atoms with Gasteiger partial charge in [0, 0.05) is 83.1 Å².